The SMILES string of the molecule is CCN(CC)c1ccc(NC(=O)c2cc(OC)c(OC)c(OC)c2)nc1. The van der Waals surface area contributed by atoms with Gasteiger partial charge in [-0.2, -0.15) is 0 Å². The zero-order valence-corrected chi connectivity index (χ0v) is 15.8. The molecule has 1 amide bonds. The summed E-state index contributed by atoms with van der Waals surface area (Å²) >= 11 is 0. The van der Waals surface area contributed by atoms with Crippen LogP contribution in [0.3, 0.4) is 0 Å². The van der Waals surface area contributed by atoms with Crippen LogP contribution < -0.4 is 24.4 Å². The van der Waals surface area contributed by atoms with E-state index in [2.05, 4.69) is 29.0 Å². The summed E-state index contributed by atoms with van der Waals surface area (Å²) in [5, 5.41) is 2.78. The molecule has 7 nitrogen and oxygen atoms in total. The molecule has 0 unspecified atom stereocenters. The van der Waals surface area contributed by atoms with E-state index in [1.807, 2.05) is 6.07 Å². The van der Waals surface area contributed by atoms with Crippen molar-refractivity contribution in [3.63, 3.8) is 0 Å². The van der Waals surface area contributed by atoms with Crippen molar-refractivity contribution < 1.29 is 19.0 Å². The van der Waals surface area contributed by atoms with Crippen LogP contribution >= 0.6 is 0 Å². The minimum Gasteiger partial charge on any atom is -0.493 e. The van der Waals surface area contributed by atoms with Gasteiger partial charge in [0, 0.05) is 18.7 Å². The van der Waals surface area contributed by atoms with E-state index in [-0.39, 0.29) is 5.91 Å². The van der Waals surface area contributed by atoms with E-state index in [0.717, 1.165) is 18.8 Å². The molecule has 2 rings (SSSR count). The van der Waals surface area contributed by atoms with Crippen LogP contribution in [-0.4, -0.2) is 45.3 Å². The second kappa shape index (κ2) is 8.94. The van der Waals surface area contributed by atoms with E-state index >= 15 is 0 Å². The molecule has 0 saturated heterocycles. The van der Waals surface area contributed by atoms with Crippen molar-refractivity contribution in [2.45, 2.75) is 13.8 Å². The lowest BCUT2D eigenvalue weighted by atomic mass is 10.1. The van der Waals surface area contributed by atoms with Crippen LogP contribution in [0.1, 0.15) is 24.2 Å². The van der Waals surface area contributed by atoms with Gasteiger partial charge < -0.3 is 24.4 Å². The molecule has 2 aromatic rings. The van der Waals surface area contributed by atoms with Crippen LogP contribution in [0.25, 0.3) is 0 Å². The normalized spacial score (nSPS) is 10.2. The van der Waals surface area contributed by atoms with Crippen molar-refractivity contribution in [2.24, 2.45) is 0 Å². The molecule has 0 spiro atoms. The molecule has 0 aliphatic carbocycles. The Morgan fingerprint density at radius 1 is 1.04 bits per heavy atom. The molecule has 0 bridgehead atoms. The molecule has 1 aromatic carbocycles. The first kappa shape index (κ1) is 19.4. The topological polar surface area (TPSA) is 72.9 Å². The predicted molar refractivity (Wildman–Crippen MR) is 102 cm³/mol. The van der Waals surface area contributed by atoms with Crippen molar-refractivity contribution in [3.05, 3.63) is 36.0 Å². The van der Waals surface area contributed by atoms with Gasteiger partial charge in [-0.25, -0.2) is 4.98 Å². The van der Waals surface area contributed by atoms with Crippen molar-refractivity contribution in [3.8, 4) is 17.2 Å². The molecule has 0 aliphatic heterocycles. The van der Waals surface area contributed by atoms with Gasteiger partial charge in [0.05, 0.1) is 33.2 Å². The summed E-state index contributed by atoms with van der Waals surface area (Å²) < 4.78 is 15.8. The maximum atomic E-state index is 12.6. The summed E-state index contributed by atoms with van der Waals surface area (Å²) in [7, 11) is 4.53. The zero-order valence-electron chi connectivity index (χ0n) is 15.8. The highest BCUT2D eigenvalue weighted by Gasteiger charge is 2.17. The van der Waals surface area contributed by atoms with Gasteiger partial charge in [-0.1, -0.05) is 0 Å². The van der Waals surface area contributed by atoms with Gasteiger partial charge in [-0.05, 0) is 38.1 Å². The Morgan fingerprint density at radius 3 is 2.08 bits per heavy atom. The number of benzene rings is 1. The van der Waals surface area contributed by atoms with Gasteiger partial charge in [0.25, 0.3) is 5.91 Å². The largest absolute Gasteiger partial charge is 0.493 e. The number of pyridine rings is 1. The lowest BCUT2D eigenvalue weighted by Gasteiger charge is -2.20. The average molecular weight is 359 g/mol. The average Bonchev–Trinajstić information content (AvgIpc) is 2.68. The van der Waals surface area contributed by atoms with Crippen LogP contribution in [0.4, 0.5) is 11.5 Å². The number of ether oxygens (including phenoxy) is 3. The van der Waals surface area contributed by atoms with Gasteiger partial charge >= 0.3 is 0 Å². The minimum absolute atomic E-state index is 0.313. The molecule has 0 saturated carbocycles. The standard InChI is InChI=1S/C19H25N3O4/c1-6-22(7-2)14-8-9-17(20-12-14)21-19(23)13-10-15(24-3)18(26-5)16(11-13)25-4/h8-12H,6-7H2,1-5H3,(H,20,21,23). The molecular weight excluding hydrogens is 334 g/mol. The Labute approximate surface area is 153 Å². The fourth-order valence-corrected chi connectivity index (χ4v) is 2.64. The molecule has 0 aliphatic rings. The summed E-state index contributed by atoms with van der Waals surface area (Å²) in [4.78, 5) is 19.1. The lowest BCUT2D eigenvalue weighted by Crippen LogP contribution is -2.22. The van der Waals surface area contributed by atoms with E-state index in [4.69, 9.17) is 14.2 Å². The molecule has 140 valence electrons. The summed E-state index contributed by atoms with van der Waals surface area (Å²) in [5.74, 6) is 1.43. The van der Waals surface area contributed by atoms with E-state index in [1.165, 1.54) is 21.3 Å². The van der Waals surface area contributed by atoms with Crippen LogP contribution in [0.2, 0.25) is 0 Å². The van der Waals surface area contributed by atoms with E-state index in [0.29, 0.717) is 28.6 Å². The van der Waals surface area contributed by atoms with Crippen LogP contribution in [0.15, 0.2) is 30.5 Å². The highest BCUT2D eigenvalue weighted by atomic mass is 16.5. The Hall–Kier alpha value is -2.96. The molecule has 1 aromatic heterocycles. The van der Waals surface area contributed by atoms with Gasteiger partial charge in [0.2, 0.25) is 5.75 Å². The number of methoxy groups -OCH3 is 3. The lowest BCUT2D eigenvalue weighted by molar-refractivity contribution is 0.102. The Bertz CT molecular complexity index is 718. The third kappa shape index (κ3) is 4.17. The smallest absolute Gasteiger partial charge is 0.257 e. The summed E-state index contributed by atoms with van der Waals surface area (Å²) in [6, 6.07) is 6.91. The second-order valence-corrected chi connectivity index (χ2v) is 5.44. The first-order valence-corrected chi connectivity index (χ1v) is 8.40. The van der Waals surface area contributed by atoms with Gasteiger partial charge in [0.1, 0.15) is 5.82 Å². The van der Waals surface area contributed by atoms with Crippen LogP contribution in [0.5, 0.6) is 17.2 Å². The first-order valence-electron chi connectivity index (χ1n) is 8.40. The fourth-order valence-electron chi connectivity index (χ4n) is 2.64. The van der Waals surface area contributed by atoms with Crippen molar-refractivity contribution >= 4 is 17.4 Å². The summed E-state index contributed by atoms with van der Waals surface area (Å²) in [6.45, 7) is 5.97. The highest BCUT2D eigenvalue weighted by Crippen LogP contribution is 2.38. The van der Waals surface area contributed by atoms with Gasteiger partial charge in [-0.3, -0.25) is 4.79 Å². The minimum atomic E-state index is -0.313. The molecule has 1 N–H and O–H groups in total. The number of nitrogens with one attached hydrogen (secondary N) is 1. The predicted octanol–water partition coefficient (Wildman–Crippen LogP) is 3.21. The first-order chi connectivity index (χ1) is 12.6. The van der Waals surface area contributed by atoms with E-state index < -0.39 is 0 Å². The highest BCUT2D eigenvalue weighted by molar-refractivity contribution is 6.04. The number of hydrogen-bond acceptors (Lipinski definition) is 6. The Kier molecular flexibility index (Phi) is 6.66. The zero-order chi connectivity index (χ0) is 19.1. The maximum absolute atomic E-state index is 12.6. The molecule has 0 atom stereocenters. The van der Waals surface area contributed by atoms with Crippen LogP contribution in [-0.2, 0) is 0 Å². The second-order valence-electron chi connectivity index (χ2n) is 5.44. The Morgan fingerprint density at radius 2 is 1.65 bits per heavy atom. The number of amides is 1. The van der Waals surface area contributed by atoms with E-state index in [1.54, 1.807) is 24.4 Å². The fraction of sp³-hybridized carbons (Fsp3) is 0.368. The molecular formula is C19H25N3O4. The number of hydrogen-bond donors (Lipinski definition) is 1. The third-order valence-electron chi connectivity index (χ3n) is 4.04. The molecule has 0 fully saturated rings. The van der Waals surface area contributed by atoms with Gasteiger partial charge in [-0.15, -0.1) is 0 Å². The number of anilines is 2. The number of nitrogens with zero attached hydrogens (tertiary/aromatic N) is 2. The monoisotopic (exact) mass is 359 g/mol. The van der Waals surface area contributed by atoms with Crippen molar-refractivity contribution in [1.82, 2.24) is 4.98 Å². The summed E-state index contributed by atoms with van der Waals surface area (Å²) in [6.07, 6.45) is 1.75. The number of rotatable bonds is 8. The quantitative estimate of drug-likeness (QED) is 0.780. The molecule has 26 heavy (non-hydrogen) atoms. The number of aromatic nitrogens is 1. The third-order valence-corrected chi connectivity index (χ3v) is 4.04. The Balaban J connectivity index is 2.22. The van der Waals surface area contributed by atoms with Crippen molar-refractivity contribution in [1.29, 1.82) is 0 Å². The summed E-state index contributed by atoms with van der Waals surface area (Å²) in [5.41, 5.74) is 1.40. The maximum Gasteiger partial charge on any atom is 0.257 e. The number of carbonyl (C=O) groups is 1. The van der Waals surface area contributed by atoms with Crippen molar-refractivity contribution in [2.75, 3.05) is 44.6 Å². The molecule has 7 heteroatoms. The van der Waals surface area contributed by atoms with Gasteiger partial charge in [0.15, 0.2) is 11.5 Å². The molecule has 0 radical (unpaired) electrons. The van der Waals surface area contributed by atoms with E-state index in [9.17, 15) is 4.79 Å². The van der Waals surface area contributed by atoms with Crippen LogP contribution in [0, 0.1) is 0 Å². The molecule has 1 heterocycles. The number of carbonyl (C=O) groups excluding carboxylic acids is 1.